The number of hydrogen-bond donors (Lipinski definition) is 3. The summed E-state index contributed by atoms with van der Waals surface area (Å²) >= 11 is 5.76. The number of anilines is 1. The number of nitrogens with two attached hydrogens (primary N) is 1. The Balaban J connectivity index is 1.73. The van der Waals surface area contributed by atoms with Gasteiger partial charge in [-0.15, -0.1) is 0 Å². The third kappa shape index (κ3) is 4.98. The molecule has 1 aliphatic rings. The van der Waals surface area contributed by atoms with Crippen LogP contribution in [0.3, 0.4) is 0 Å². The number of carbonyl (C=O) groups excluding carboxylic acids is 2. The molecule has 0 atom stereocenters. The minimum atomic E-state index is -4.69. The van der Waals surface area contributed by atoms with Gasteiger partial charge in [-0.05, 0) is 42.0 Å². The Labute approximate surface area is 205 Å². The standard InChI is InChI=1S/C23H15ClF4N6O2/c1-11(31-13-3-5-18(25)17(24)9-13)30-10-16(20(29)34-7-6-19(33-34)23(26,27)28)12-2-4-14-15(8-12)22(36)32-21(14)35/h2-10,31H,1,29H2,(H,32,35,36)/b20-16-,30-10?. The van der Waals surface area contributed by atoms with Crippen LogP contribution in [0.5, 0.6) is 0 Å². The molecule has 0 fully saturated rings. The van der Waals surface area contributed by atoms with Gasteiger partial charge in [0.15, 0.2) is 5.69 Å². The number of benzene rings is 2. The molecular weight excluding hydrogens is 504 g/mol. The molecule has 2 amide bonds. The maximum Gasteiger partial charge on any atom is 0.435 e. The van der Waals surface area contributed by atoms with Gasteiger partial charge in [-0.1, -0.05) is 24.2 Å². The summed E-state index contributed by atoms with van der Waals surface area (Å²) in [6.07, 6.45) is -2.48. The van der Waals surface area contributed by atoms with E-state index in [1.807, 2.05) is 0 Å². The predicted molar refractivity (Wildman–Crippen MR) is 125 cm³/mol. The number of imide groups is 1. The van der Waals surface area contributed by atoms with Crippen molar-refractivity contribution in [2.45, 2.75) is 6.18 Å². The SMILES string of the molecule is C=C(N=C/C(=C(\N)n1ccc(C(F)(F)F)n1)c1ccc2c(c1)C(=O)NC2=O)Nc1ccc(F)c(Cl)c1. The number of rotatable bonds is 6. The van der Waals surface area contributed by atoms with Gasteiger partial charge >= 0.3 is 6.18 Å². The Morgan fingerprint density at radius 1 is 1.14 bits per heavy atom. The maximum absolute atomic E-state index is 13.4. The van der Waals surface area contributed by atoms with Crippen molar-refractivity contribution in [1.82, 2.24) is 15.1 Å². The number of nitrogens with one attached hydrogen (secondary N) is 2. The first-order valence-electron chi connectivity index (χ1n) is 10.0. The van der Waals surface area contributed by atoms with Crippen LogP contribution in [0.4, 0.5) is 23.2 Å². The zero-order chi connectivity index (χ0) is 26.2. The molecule has 0 aliphatic carbocycles. The number of aliphatic imine (C=N–C) groups is 1. The van der Waals surface area contributed by atoms with Crippen molar-refractivity contribution in [3.05, 3.63) is 94.3 Å². The smallest absolute Gasteiger partial charge is 0.383 e. The van der Waals surface area contributed by atoms with Crippen LogP contribution < -0.4 is 16.4 Å². The topological polar surface area (TPSA) is 114 Å². The summed E-state index contributed by atoms with van der Waals surface area (Å²) in [6.45, 7) is 3.73. The Hall–Kier alpha value is -4.45. The fourth-order valence-corrected chi connectivity index (χ4v) is 3.45. The van der Waals surface area contributed by atoms with Crippen LogP contribution in [0, 0.1) is 5.82 Å². The Kier molecular flexibility index (Phi) is 6.37. The van der Waals surface area contributed by atoms with E-state index in [4.69, 9.17) is 17.3 Å². The zero-order valence-corrected chi connectivity index (χ0v) is 18.8. The number of carbonyl (C=O) groups is 2. The van der Waals surface area contributed by atoms with Crippen LogP contribution in [0.25, 0.3) is 11.4 Å². The summed E-state index contributed by atoms with van der Waals surface area (Å²) in [5.41, 5.74) is 5.89. The van der Waals surface area contributed by atoms with Gasteiger partial charge in [0.1, 0.15) is 17.5 Å². The molecule has 2 heterocycles. The molecule has 0 spiro atoms. The van der Waals surface area contributed by atoms with Crippen LogP contribution in [0.2, 0.25) is 5.02 Å². The van der Waals surface area contributed by atoms with Gasteiger partial charge in [0.25, 0.3) is 11.8 Å². The minimum absolute atomic E-state index is 0.0495. The zero-order valence-electron chi connectivity index (χ0n) is 18.0. The lowest BCUT2D eigenvalue weighted by molar-refractivity contribution is -0.141. The van der Waals surface area contributed by atoms with Crippen molar-refractivity contribution in [2.75, 3.05) is 5.32 Å². The Morgan fingerprint density at radius 3 is 2.53 bits per heavy atom. The van der Waals surface area contributed by atoms with Crippen LogP contribution in [0.15, 0.2) is 66.1 Å². The molecule has 4 N–H and O–H groups in total. The van der Waals surface area contributed by atoms with E-state index in [0.29, 0.717) is 5.69 Å². The lowest BCUT2D eigenvalue weighted by atomic mass is 10.0. The number of nitrogens with zero attached hydrogens (tertiary/aromatic N) is 3. The Bertz CT molecular complexity index is 1480. The quantitative estimate of drug-likeness (QED) is 0.252. The van der Waals surface area contributed by atoms with Crippen molar-refractivity contribution in [1.29, 1.82) is 0 Å². The second-order valence-electron chi connectivity index (χ2n) is 7.44. The fraction of sp³-hybridized carbons (Fsp3) is 0.0435. The maximum atomic E-state index is 13.4. The molecule has 0 unspecified atom stereocenters. The van der Waals surface area contributed by atoms with E-state index < -0.39 is 29.5 Å². The average molecular weight is 519 g/mol. The third-order valence-corrected chi connectivity index (χ3v) is 5.30. The number of aromatic nitrogens is 2. The summed E-state index contributed by atoms with van der Waals surface area (Å²) in [7, 11) is 0. The van der Waals surface area contributed by atoms with Crippen molar-refractivity contribution in [3.8, 4) is 0 Å². The molecule has 1 aliphatic heterocycles. The van der Waals surface area contributed by atoms with E-state index in [2.05, 4.69) is 27.3 Å². The van der Waals surface area contributed by atoms with E-state index >= 15 is 0 Å². The number of alkyl halides is 3. The fourth-order valence-electron chi connectivity index (χ4n) is 3.27. The van der Waals surface area contributed by atoms with Gasteiger partial charge in [-0.25, -0.2) is 14.1 Å². The van der Waals surface area contributed by atoms with Gasteiger partial charge in [0.05, 0.1) is 16.1 Å². The predicted octanol–water partition coefficient (Wildman–Crippen LogP) is 4.52. The Morgan fingerprint density at radius 2 is 1.86 bits per heavy atom. The molecule has 8 nitrogen and oxygen atoms in total. The van der Waals surface area contributed by atoms with E-state index in [-0.39, 0.29) is 38.9 Å². The summed E-state index contributed by atoms with van der Waals surface area (Å²) in [5.74, 6) is -2.04. The van der Waals surface area contributed by atoms with Crippen LogP contribution in [-0.2, 0) is 6.18 Å². The number of amides is 2. The molecular formula is C23H15ClF4N6O2. The molecule has 1 aromatic heterocycles. The monoisotopic (exact) mass is 518 g/mol. The molecule has 0 bridgehead atoms. The highest BCUT2D eigenvalue weighted by Crippen LogP contribution is 2.29. The van der Waals surface area contributed by atoms with E-state index in [0.717, 1.165) is 23.0 Å². The van der Waals surface area contributed by atoms with Gasteiger partial charge in [-0.2, -0.15) is 18.3 Å². The second kappa shape index (κ2) is 9.30. The molecule has 0 radical (unpaired) electrons. The number of hydrogen-bond acceptors (Lipinski definition) is 6. The third-order valence-electron chi connectivity index (χ3n) is 5.01. The van der Waals surface area contributed by atoms with Crippen LogP contribution >= 0.6 is 11.6 Å². The lowest BCUT2D eigenvalue weighted by Crippen LogP contribution is -2.19. The second-order valence-corrected chi connectivity index (χ2v) is 7.85. The highest BCUT2D eigenvalue weighted by Gasteiger charge is 2.34. The molecule has 3 aromatic rings. The molecule has 13 heteroatoms. The largest absolute Gasteiger partial charge is 0.435 e. The minimum Gasteiger partial charge on any atom is -0.383 e. The van der Waals surface area contributed by atoms with Crippen molar-refractivity contribution in [2.24, 2.45) is 10.7 Å². The first kappa shape index (κ1) is 24.7. The van der Waals surface area contributed by atoms with Crippen molar-refractivity contribution < 1.29 is 27.2 Å². The average Bonchev–Trinajstić information content (AvgIpc) is 3.42. The number of fused-ring (bicyclic) bond motifs is 1. The van der Waals surface area contributed by atoms with E-state index in [1.54, 1.807) is 0 Å². The first-order chi connectivity index (χ1) is 16.9. The molecule has 0 saturated carbocycles. The lowest BCUT2D eigenvalue weighted by Gasteiger charge is -2.11. The number of allylic oxidation sites excluding steroid dienone is 1. The van der Waals surface area contributed by atoms with Gasteiger partial charge in [0, 0.05) is 23.7 Å². The molecule has 2 aromatic carbocycles. The summed E-state index contributed by atoms with van der Waals surface area (Å²) < 4.78 is 53.3. The summed E-state index contributed by atoms with van der Waals surface area (Å²) in [6, 6.07) is 8.77. The molecule has 184 valence electrons. The first-order valence-corrected chi connectivity index (χ1v) is 10.4. The highest BCUT2D eigenvalue weighted by atomic mass is 35.5. The van der Waals surface area contributed by atoms with Crippen LogP contribution in [-0.4, -0.2) is 27.8 Å². The molecule has 0 saturated heterocycles. The van der Waals surface area contributed by atoms with Gasteiger partial charge in [-0.3, -0.25) is 14.9 Å². The van der Waals surface area contributed by atoms with Crippen molar-refractivity contribution in [3.63, 3.8) is 0 Å². The van der Waals surface area contributed by atoms with Gasteiger partial charge in [0.2, 0.25) is 0 Å². The normalized spacial score (nSPS) is 14.0. The summed E-state index contributed by atoms with van der Waals surface area (Å²) in [5, 5.41) is 8.27. The molecule has 4 rings (SSSR count). The van der Waals surface area contributed by atoms with Crippen molar-refractivity contribution >= 4 is 46.7 Å². The number of halogens is 5. The van der Waals surface area contributed by atoms with E-state index in [9.17, 15) is 27.2 Å². The highest BCUT2D eigenvalue weighted by molar-refractivity contribution is 6.31. The molecule has 36 heavy (non-hydrogen) atoms. The van der Waals surface area contributed by atoms with E-state index in [1.165, 1.54) is 36.5 Å². The van der Waals surface area contributed by atoms with Gasteiger partial charge < -0.3 is 11.1 Å². The van der Waals surface area contributed by atoms with Crippen LogP contribution in [0.1, 0.15) is 32.0 Å². The summed E-state index contributed by atoms with van der Waals surface area (Å²) in [4.78, 5) is 28.1.